The molecule has 1 aromatic carbocycles. The van der Waals surface area contributed by atoms with Gasteiger partial charge in [0, 0.05) is 48.9 Å². The summed E-state index contributed by atoms with van der Waals surface area (Å²) in [7, 11) is 4.69. The summed E-state index contributed by atoms with van der Waals surface area (Å²) >= 11 is 0. The first-order chi connectivity index (χ1) is 15.2. The summed E-state index contributed by atoms with van der Waals surface area (Å²) < 4.78 is 16.1. The number of benzene rings is 1. The molecule has 164 valence electrons. The number of hydrogen-bond donors (Lipinski definition) is 3. The molecule has 0 aliphatic carbocycles. The first kappa shape index (κ1) is 22.1. The number of nitrogens with zero attached hydrogens (tertiary/aromatic N) is 3. The van der Waals surface area contributed by atoms with Crippen molar-refractivity contribution in [3.8, 4) is 28.5 Å². The molecule has 0 atom stereocenters. The van der Waals surface area contributed by atoms with Gasteiger partial charge in [-0.15, -0.1) is 0 Å². The molecule has 9 nitrogen and oxygen atoms in total. The van der Waals surface area contributed by atoms with Crippen LogP contribution in [0.5, 0.6) is 17.2 Å². The van der Waals surface area contributed by atoms with E-state index in [0.29, 0.717) is 28.9 Å². The Morgan fingerprint density at radius 2 is 1.71 bits per heavy atom. The highest BCUT2D eigenvalue weighted by Gasteiger charge is 2.14. The quantitative estimate of drug-likeness (QED) is 0.398. The predicted molar refractivity (Wildman–Crippen MR) is 119 cm³/mol. The Hall–Kier alpha value is -3.59. The highest BCUT2D eigenvalue weighted by Crippen LogP contribution is 2.40. The Bertz CT molecular complexity index is 957. The van der Waals surface area contributed by atoms with E-state index < -0.39 is 0 Å². The SMILES string of the molecule is COc1cc(Nc2nccc(-c3ccc(NCCCCO)nc3)n2)cc(OC)c1OC. The molecule has 0 aliphatic heterocycles. The van der Waals surface area contributed by atoms with E-state index in [-0.39, 0.29) is 6.61 Å². The summed E-state index contributed by atoms with van der Waals surface area (Å²) in [6.07, 6.45) is 5.11. The molecule has 0 radical (unpaired) electrons. The third-order valence-electron chi connectivity index (χ3n) is 4.53. The molecule has 0 saturated heterocycles. The van der Waals surface area contributed by atoms with Gasteiger partial charge < -0.3 is 30.0 Å². The van der Waals surface area contributed by atoms with Crippen LogP contribution < -0.4 is 24.8 Å². The van der Waals surface area contributed by atoms with Crippen molar-refractivity contribution in [1.29, 1.82) is 0 Å². The maximum atomic E-state index is 8.84. The highest BCUT2D eigenvalue weighted by atomic mass is 16.5. The zero-order chi connectivity index (χ0) is 22.1. The second kappa shape index (κ2) is 11.0. The van der Waals surface area contributed by atoms with E-state index in [1.165, 1.54) is 0 Å². The van der Waals surface area contributed by atoms with Crippen LogP contribution in [0.2, 0.25) is 0 Å². The Morgan fingerprint density at radius 3 is 2.32 bits per heavy atom. The predicted octanol–water partition coefficient (Wildman–Crippen LogP) is 3.49. The van der Waals surface area contributed by atoms with E-state index >= 15 is 0 Å². The number of pyridine rings is 1. The van der Waals surface area contributed by atoms with E-state index in [2.05, 4.69) is 25.6 Å². The smallest absolute Gasteiger partial charge is 0.227 e. The van der Waals surface area contributed by atoms with Crippen LogP contribution in [0.15, 0.2) is 42.7 Å². The van der Waals surface area contributed by atoms with Crippen LogP contribution in [-0.2, 0) is 0 Å². The van der Waals surface area contributed by atoms with E-state index in [0.717, 1.165) is 36.5 Å². The number of methoxy groups -OCH3 is 3. The molecule has 9 heteroatoms. The molecule has 0 aliphatic rings. The molecule has 3 rings (SSSR count). The summed E-state index contributed by atoms with van der Waals surface area (Å²) in [6.45, 7) is 0.970. The summed E-state index contributed by atoms with van der Waals surface area (Å²) in [5, 5.41) is 15.2. The Labute approximate surface area is 181 Å². The van der Waals surface area contributed by atoms with Crippen LogP contribution in [0.25, 0.3) is 11.3 Å². The Kier molecular flexibility index (Phi) is 7.83. The van der Waals surface area contributed by atoms with Gasteiger partial charge in [0.2, 0.25) is 11.7 Å². The number of anilines is 3. The number of ether oxygens (including phenoxy) is 3. The van der Waals surface area contributed by atoms with E-state index in [1.807, 2.05) is 18.2 Å². The maximum Gasteiger partial charge on any atom is 0.227 e. The van der Waals surface area contributed by atoms with Crippen molar-refractivity contribution in [3.63, 3.8) is 0 Å². The van der Waals surface area contributed by atoms with E-state index in [9.17, 15) is 0 Å². The van der Waals surface area contributed by atoms with Crippen LogP contribution in [0.4, 0.5) is 17.5 Å². The van der Waals surface area contributed by atoms with Crippen molar-refractivity contribution < 1.29 is 19.3 Å². The fraction of sp³-hybridized carbons (Fsp3) is 0.318. The van der Waals surface area contributed by atoms with Gasteiger partial charge in [0.05, 0.1) is 27.0 Å². The lowest BCUT2D eigenvalue weighted by molar-refractivity contribution is 0.286. The largest absolute Gasteiger partial charge is 0.493 e. The Morgan fingerprint density at radius 1 is 0.935 bits per heavy atom. The first-order valence-corrected chi connectivity index (χ1v) is 9.89. The normalized spacial score (nSPS) is 10.5. The average Bonchev–Trinajstić information content (AvgIpc) is 2.81. The molecule has 0 bridgehead atoms. The number of unbranched alkanes of at least 4 members (excludes halogenated alkanes) is 1. The van der Waals surface area contributed by atoms with Crippen LogP contribution in [0.3, 0.4) is 0 Å². The minimum atomic E-state index is 0.203. The van der Waals surface area contributed by atoms with Crippen LogP contribution in [0, 0.1) is 0 Å². The van der Waals surface area contributed by atoms with Crippen molar-refractivity contribution in [2.24, 2.45) is 0 Å². The molecule has 0 saturated carbocycles. The molecule has 0 unspecified atom stereocenters. The molecule has 0 fully saturated rings. The van der Waals surface area contributed by atoms with E-state index in [1.54, 1.807) is 45.9 Å². The van der Waals surface area contributed by atoms with Gasteiger partial charge in [-0.05, 0) is 31.0 Å². The van der Waals surface area contributed by atoms with Crippen molar-refractivity contribution in [2.75, 3.05) is 45.1 Å². The number of aliphatic hydroxyl groups excluding tert-OH is 1. The fourth-order valence-corrected chi connectivity index (χ4v) is 2.97. The van der Waals surface area contributed by atoms with Crippen molar-refractivity contribution in [1.82, 2.24) is 15.0 Å². The molecule has 3 aromatic rings. The monoisotopic (exact) mass is 425 g/mol. The van der Waals surface area contributed by atoms with Gasteiger partial charge in [-0.25, -0.2) is 15.0 Å². The molecular formula is C22H27N5O4. The fourth-order valence-electron chi connectivity index (χ4n) is 2.97. The van der Waals surface area contributed by atoms with Crippen molar-refractivity contribution in [3.05, 3.63) is 42.7 Å². The minimum Gasteiger partial charge on any atom is -0.493 e. The zero-order valence-corrected chi connectivity index (χ0v) is 17.9. The standard InChI is InChI=1S/C22H27N5O4/c1-29-18-12-16(13-19(30-2)21(18)31-3)26-22-24-10-8-17(27-22)15-6-7-20(25-14-15)23-9-4-5-11-28/h6-8,10,12-14,28H,4-5,9,11H2,1-3H3,(H,23,25)(H,24,26,27). The maximum absolute atomic E-state index is 8.84. The molecule has 2 aromatic heterocycles. The van der Waals surface area contributed by atoms with Gasteiger partial charge in [-0.1, -0.05) is 0 Å². The van der Waals surface area contributed by atoms with Gasteiger partial charge in [0.1, 0.15) is 5.82 Å². The van der Waals surface area contributed by atoms with Gasteiger partial charge >= 0.3 is 0 Å². The lowest BCUT2D eigenvalue weighted by atomic mass is 10.2. The average molecular weight is 425 g/mol. The summed E-state index contributed by atoms with van der Waals surface area (Å²) in [6, 6.07) is 9.26. The topological polar surface area (TPSA) is 111 Å². The minimum absolute atomic E-state index is 0.203. The van der Waals surface area contributed by atoms with Crippen molar-refractivity contribution >= 4 is 17.5 Å². The summed E-state index contributed by atoms with van der Waals surface area (Å²) in [4.78, 5) is 13.3. The lowest BCUT2D eigenvalue weighted by Gasteiger charge is -2.14. The van der Waals surface area contributed by atoms with Gasteiger partial charge in [0.15, 0.2) is 11.5 Å². The second-order valence-corrected chi connectivity index (χ2v) is 6.59. The van der Waals surface area contributed by atoms with Crippen molar-refractivity contribution in [2.45, 2.75) is 12.8 Å². The number of aromatic nitrogens is 3. The van der Waals surface area contributed by atoms with Gasteiger partial charge in [0.25, 0.3) is 0 Å². The number of hydrogen-bond acceptors (Lipinski definition) is 9. The number of rotatable bonds is 11. The highest BCUT2D eigenvalue weighted by molar-refractivity contribution is 5.67. The van der Waals surface area contributed by atoms with Crippen LogP contribution in [0.1, 0.15) is 12.8 Å². The molecule has 0 spiro atoms. The van der Waals surface area contributed by atoms with Gasteiger partial charge in [-0.2, -0.15) is 0 Å². The third kappa shape index (κ3) is 5.73. The van der Waals surface area contributed by atoms with Gasteiger partial charge in [-0.3, -0.25) is 0 Å². The molecule has 3 N–H and O–H groups in total. The summed E-state index contributed by atoms with van der Waals surface area (Å²) in [5.74, 6) is 2.80. The molecule has 31 heavy (non-hydrogen) atoms. The number of nitrogens with one attached hydrogen (secondary N) is 2. The molecule has 2 heterocycles. The Balaban J connectivity index is 1.75. The number of aliphatic hydroxyl groups is 1. The molecule has 0 amide bonds. The van der Waals surface area contributed by atoms with Crippen LogP contribution in [-0.4, -0.2) is 54.5 Å². The molecular weight excluding hydrogens is 398 g/mol. The first-order valence-electron chi connectivity index (χ1n) is 9.89. The zero-order valence-electron chi connectivity index (χ0n) is 17.9. The lowest BCUT2D eigenvalue weighted by Crippen LogP contribution is -2.04. The second-order valence-electron chi connectivity index (χ2n) is 6.59. The summed E-state index contributed by atoms with van der Waals surface area (Å²) in [5.41, 5.74) is 2.31. The third-order valence-corrected chi connectivity index (χ3v) is 4.53. The van der Waals surface area contributed by atoms with Crippen LogP contribution >= 0.6 is 0 Å². The van der Waals surface area contributed by atoms with E-state index in [4.69, 9.17) is 19.3 Å².